The maximum absolute atomic E-state index is 12.4. The smallest absolute Gasteiger partial charge is 0.416 e. The van der Waals surface area contributed by atoms with Crippen LogP contribution in [0.5, 0.6) is 23.0 Å². The zero-order chi connectivity index (χ0) is 49.4. The fraction of sp³-hybridized carbons (Fsp3) is 0.273. The molecule has 0 aliphatic carbocycles. The van der Waals surface area contributed by atoms with Crippen LogP contribution >= 0.6 is 0 Å². The van der Waals surface area contributed by atoms with Crippen molar-refractivity contribution in [3.8, 4) is 60.0 Å². The summed E-state index contributed by atoms with van der Waals surface area (Å²) in [7, 11) is 0. The molecule has 0 spiro atoms. The molecule has 2 N–H and O–H groups in total. The van der Waals surface area contributed by atoms with Crippen molar-refractivity contribution in [3.05, 3.63) is 119 Å². The molecule has 0 saturated heterocycles. The Labute approximate surface area is 363 Å². The van der Waals surface area contributed by atoms with Crippen LogP contribution in [0.4, 0.5) is 52.7 Å². The van der Waals surface area contributed by atoms with Gasteiger partial charge in [-0.1, -0.05) is 42.0 Å². The quantitative estimate of drug-likeness (QED) is 0.0586. The number of alkyl halides is 12. The summed E-state index contributed by atoms with van der Waals surface area (Å²) in [4.78, 5) is 20.6. The first-order chi connectivity index (χ1) is 30.2. The predicted molar refractivity (Wildman–Crippen MR) is 208 cm³/mol. The molecule has 65 heavy (non-hydrogen) atoms. The summed E-state index contributed by atoms with van der Waals surface area (Å²) in [5, 5.41) is 17.9. The van der Waals surface area contributed by atoms with Gasteiger partial charge in [0.15, 0.2) is 12.4 Å². The summed E-state index contributed by atoms with van der Waals surface area (Å²) >= 11 is 0. The van der Waals surface area contributed by atoms with E-state index in [2.05, 4.69) is 5.92 Å². The Morgan fingerprint density at radius 2 is 0.831 bits per heavy atom. The minimum Gasteiger partial charge on any atom is -0.490 e. The van der Waals surface area contributed by atoms with E-state index in [0.29, 0.717) is 6.29 Å². The van der Waals surface area contributed by atoms with Gasteiger partial charge in [0.05, 0.1) is 22.3 Å². The molecule has 0 saturated carbocycles. The van der Waals surface area contributed by atoms with E-state index in [9.17, 15) is 62.3 Å². The molecule has 3 atom stereocenters. The number of halogens is 12. The van der Waals surface area contributed by atoms with Crippen molar-refractivity contribution < 1.29 is 96.2 Å². The van der Waals surface area contributed by atoms with Gasteiger partial charge >= 0.3 is 30.7 Å². The standard InChI is InChI=1S/C13H11F3O3.2C11H9F3O2.C9H7F3O2/c1-3-11(19-9(2)17)8-18-12-6-4-5-10(7-12)13(14,15)16;2*1-2-9(15)7-16-10-5-3-4-8(6-10)11(12,13)14;10-9(11,12)7-2-1-3-8(6-7)14-5-4-13/h1,4-7,11H,8H2,2H3;2*1,3-6,9,15H,7H2;1-4,6H,5H2/t11-;9-;;/m11../s1. The Morgan fingerprint density at radius 3 is 1.08 bits per heavy atom. The molecule has 9 nitrogen and oxygen atoms in total. The van der Waals surface area contributed by atoms with Crippen molar-refractivity contribution in [1.82, 2.24) is 0 Å². The van der Waals surface area contributed by atoms with Gasteiger partial charge in [0.1, 0.15) is 61.6 Å². The number of aliphatic hydroxyl groups is 2. The molecular weight excluding hydrogens is 900 g/mol. The number of terminal acetylenes is 3. The van der Waals surface area contributed by atoms with E-state index in [1.165, 1.54) is 55.5 Å². The van der Waals surface area contributed by atoms with Crippen molar-refractivity contribution in [3.63, 3.8) is 0 Å². The number of carbonyl (C=O) groups is 2. The van der Waals surface area contributed by atoms with Crippen LogP contribution in [-0.2, 0) is 39.0 Å². The lowest BCUT2D eigenvalue weighted by Gasteiger charge is -2.13. The van der Waals surface area contributed by atoms with Crippen molar-refractivity contribution in [2.75, 3.05) is 26.4 Å². The lowest BCUT2D eigenvalue weighted by molar-refractivity contribution is -0.145. The minimum atomic E-state index is -4.44. The highest BCUT2D eigenvalue weighted by atomic mass is 19.4. The summed E-state index contributed by atoms with van der Waals surface area (Å²) in [6, 6.07) is 17.5. The van der Waals surface area contributed by atoms with Crippen LogP contribution in [0.15, 0.2) is 97.1 Å². The molecule has 0 aromatic heterocycles. The highest BCUT2D eigenvalue weighted by Crippen LogP contribution is 2.34. The molecule has 0 bridgehead atoms. The van der Waals surface area contributed by atoms with E-state index in [4.69, 9.17) is 53.2 Å². The van der Waals surface area contributed by atoms with E-state index in [0.717, 1.165) is 48.5 Å². The molecule has 21 heteroatoms. The van der Waals surface area contributed by atoms with E-state index < -0.39 is 71.2 Å². The number of carbonyl (C=O) groups excluding carboxylic acids is 2. The Morgan fingerprint density at radius 1 is 0.538 bits per heavy atom. The zero-order valence-corrected chi connectivity index (χ0v) is 33.4. The van der Waals surface area contributed by atoms with Gasteiger partial charge in [-0.15, -0.1) is 19.3 Å². The number of benzene rings is 4. The first kappa shape index (κ1) is 56.0. The third-order valence-corrected chi connectivity index (χ3v) is 7.06. The molecule has 0 fully saturated rings. The van der Waals surface area contributed by atoms with Gasteiger partial charge in [-0.2, -0.15) is 52.7 Å². The number of rotatable bonds is 13. The first-order valence-electron chi connectivity index (χ1n) is 17.8. The predicted octanol–water partition coefficient (Wildman–Crippen LogP) is 9.09. The second kappa shape index (κ2) is 26.6. The van der Waals surface area contributed by atoms with Crippen LogP contribution in [0, 0.1) is 37.0 Å². The Balaban J connectivity index is 0.000000436. The van der Waals surface area contributed by atoms with Gasteiger partial charge in [-0.25, -0.2) is 0 Å². The van der Waals surface area contributed by atoms with Crippen molar-refractivity contribution in [2.45, 2.75) is 49.9 Å². The average molecular weight is 937 g/mol. The third-order valence-electron chi connectivity index (χ3n) is 7.06. The Bertz CT molecular complexity index is 2140. The van der Waals surface area contributed by atoms with Crippen molar-refractivity contribution >= 4 is 12.3 Å². The van der Waals surface area contributed by atoms with E-state index in [1.54, 1.807) is 0 Å². The summed E-state index contributed by atoms with van der Waals surface area (Å²) in [6.07, 6.45) is -5.53. The first-order valence-corrected chi connectivity index (χ1v) is 17.8. The number of esters is 1. The van der Waals surface area contributed by atoms with Crippen LogP contribution in [0.2, 0.25) is 0 Å². The van der Waals surface area contributed by atoms with Crippen LogP contribution in [0.3, 0.4) is 0 Å². The normalized spacial score (nSPS) is 12.4. The maximum atomic E-state index is 12.4. The summed E-state index contributed by atoms with van der Waals surface area (Å²) in [6.45, 7) is 0.239. The topological polar surface area (TPSA) is 121 Å². The molecule has 350 valence electrons. The van der Waals surface area contributed by atoms with E-state index in [1.807, 2.05) is 11.8 Å². The van der Waals surface area contributed by atoms with Gasteiger partial charge in [-0.05, 0) is 72.8 Å². The summed E-state index contributed by atoms with van der Waals surface area (Å²) in [5.41, 5.74) is -3.23. The average Bonchev–Trinajstić information content (AvgIpc) is 3.25. The van der Waals surface area contributed by atoms with Crippen LogP contribution in [-0.4, -0.2) is 67.2 Å². The molecule has 4 aromatic carbocycles. The molecular formula is C44H36F12O9. The summed E-state index contributed by atoms with van der Waals surface area (Å²) < 4.78 is 172. The second-order valence-corrected chi connectivity index (χ2v) is 12.1. The fourth-order valence-electron chi connectivity index (χ4n) is 4.11. The Hall–Kier alpha value is -7.02. The van der Waals surface area contributed by atoms with E-state index in [-0.39, 0.29) is 49.4 Å². The fourth-order valence-corrected chi connectivity index (χ4v) is 4.11. The minimum absolute atomic E-state index is 0.00206. The second-order valence-electron chi connectivity index (χ2n) is 12.1. The molecule has 1 unspecified atom stereocenters. The molecule has 0 amide bonds. The highest BCUT2D eigenvalue weighted by Gasteiger charge is 2.33. The monoisotopic (exact) mass is 936 g/mol. The molecule has 0 radical (unpaired) electrons. The van der Waals surface area contributed by atoms with Crippen LogP contribution in [0.1, 0.15) is 29.2 Å². The van der Waals surface area contributed by atoms with Gasteiger partial charge < -0.3 is 33.9 Å². The van der Waals surface area contributed by atoms with E-state index >= 15 is 0 Å². The van der Waals surface area contributed by atoms with Crippen molar-refractivity contribution in [1.29, 1.82) is 0 Å². The number of aldehydes is 1. The molecule has 0 aliphatic heterocycles. The van der Waals surface area contributed by atoms with Gasteiger partial charge in [0, 0.05) is 6.92 Å². The summed E-state index contributed by atoms with van der Waals surface area (Å²) in [5.74, 6) is 5.62. The number of ether oxygens (including phenoxy) is 5. The zero-order valence-electron chi connectivity index (χ0n) is 33.4. The molecule has 0 aliphatic rings. The maximum Gasteiger partial charge on any atom is 0.416 e. The Kier molecular flexibility index (Phi) is 22.9. The van der Waals surface area contributed by atoms with Crippen LogP contribution in [0.25, 0.3) is 0 Å². The SMILES string of the molecule is C#CC(O)COc1cccc(C(F)(F)F)c1.C#C[C@@H](O)COc1cccc(C(F)(F)F)c1.C#C[C@H](COc1cccc(C(F)(F)F)c1)OC(C)=O.O=CCOc1cccc(C(F)(F)F)c1. The van der Waals surface area contributed by atoms with Crippen molar-refractivity contribution in [2.24, 2.45) is 0 Å². The highest BCUT2D eigenvalue weighted by molar-refractivity contribution is 5.66. The molecule has 4 aromatic rings. The van der Waals surface area contributed by atoms with Gasteiger partial charge in [0.25, 0.3) is 0 Å². The number of aliphatic hydroxyl groups excluding tert-OH is 2. The number of hydrogen-bond donors (Lipinski definition) is 2. The largest absolute Gasteiger partial charge is 0.490 e. The lowest BCUT2D eigenvalue weighted by Crippen LogP contribution is -2.22. The number of hydrogen-bond acceptors (Lipinski definition) is 9. The van der Waals surface area contributed by atoms with Gasteiger partial charge in [-0.3, -0.25) is 9.59 Å². The molecule has 0 heterocycles. The molecule has 4 rings (SSSR count). The van der Waals surface area contributed by atoms with Gasteiger partial charge in [0.2, 0.25) is 0 Å². The lowest BCUT2D eigenvalue weighted by atomic mass is 10.2. The van der Waals surface area contributed by atoms with Crippen LogP contribution < -0.4 is 18.9 Å². The third kappa shape index (κ3) is 23.3.